The van der Waals surface area contributed by atoms with Crippen molar-refractivity contribution in [3.8, 4) is 5.75 Å². The molecule has 0 saturated carbocycles. The first-order chi connectivity index (χ1) is 9.70. The number of para-hydroxylation sites is 1. The van der Waals surface area contributed by atoms with Crippen molar-refractivity contribution >= 4 is 17.4 Å². The second kappa shape index (κ2) is 6.96. The van der Waals surface area contributed by atoms with Gasteiger partial charge in [-0.3, -0.25) is 0 Å². The Morgan fingerprint density at radius 1 is 1.30 bits per heavy atom. The molecule has 4 nitrogen and oxygen atoms in total. The minimum absolute atomic E-state index is 0.0932. The van der Waals surface area contributed by atoms with Crippen LogP contribution < -0.4 is 10.1 Å². The van der Waals surface area contributed by atoms with Crippen molar-refractivity contribution in [1.82, 2.24) is 10.2 Å². The average molecular weight is 290 g/mol. The predicted octanol–water partition coefficient (Wildman–Crippen LogP) is 3.10. The molecule has 2 aromatic rings. The normalized spacial score (nSPS) is 10.1. The van der Waals surface area contributed by atoms with Crippen LogP contribution in [0.2, 0.25) is 0 Å². The number of nitrogens with zero attached hydrogens (tertiary/aromatic N) is 1. The second-order valence-corrected chi connectivity index (χ2v) is 5.44. The molecule has 0 radical (unpaired) electrons. The van der Waals surface area contributed by atoms with Gasteiger partial charge in [-0.25, -0.2) is 4.79 Å². The van der Waals surface area contributed by atoms with Crippen LogP contribution in [0.1, 0.15) is 10.4 Å². The highest BCUT2D eigenvalue weighted by Gasteiger charge is 2.10. The zero-order valence-electron chi connectivity index (χ0n) is 11.6. The third-order valence-corrected chi connectivity index (χ3v) is 3.80. The van der Waals surface area contributed by atoms with Gasteiger partial charge in [-0.15, -0.1) is 11.3 Å². The van der Waals surface area contributed by atoms with Gasteiger partial charge in [0.2, 0.25) is 0 Å². The quantitative estimate of drug-likeness (QED) is 0.919. The molecule has 1 N–H and O–H groups in total. The van der Waals surface area contributed by atoms with Crippen LogP contribution in [0.3, 0.4) is 0 Å². The van der Waals surface area contributed by atoms with Crippen LogP contribution in [-0.2, 0) is 13.1 Å². The van der Waals surface area contributed by atoms with Crippen molar-refractivity contribution in [2.75, 3.05) is 14.2 Å². The van der Waals surface area contributed by atoms with Gasteiger partial charge in [-0.2, -0.15) is 0 Å². The molecule has 0 atom stereocenters. The maximum Gasteiger partial charge on any atom is 0.317 e. The molecule has 20 heavy (non-hydrogen) atoms. The van der Waals surface area contributed by atoms with E-state index in [1.165, 1.54) is 4.88 Å². The third-order valence-electron chi connectivity index (χ3n) is 2.94. The van der Waals surface area contributed by atoms with Gasteiger partial charge in [-0.05, 0) is 17.5 Å². The van der Waals surface area contributed by atoms with Crippen LogP contribution in [0, 0.1) is 0 Å². The topological polar surface area (TPSA) is 41.6 Å². The summed E-state index contributed by atoms with van der Waals surface area (Å²) in [6.45, 7) is 1.08. The van der Waals surface area contributed by atoms with Crippen LogP contribution in [-0.4, -0.2) is 25.1 Å². The van der Waals surface area contributed by atoms with Gasteiger partial charge in [0.15, 0.2) is 0 Å². The van der Waals surface area contributed by atoms with Crippen LogP contribution >= 0.6 is 11.3 Å². The van der Waals surface area contributed by atoms with E-state index >= 15 is 0 Å². The van der Waals surface area contributed by atoms with Crippen molar-refractivity contribution in [2.24, 2.45) is 0 Å². The van der Waals surface area contributed by atoms with Gasteiger partial charge in [0.05, 0.1) is 13.7 Å². The highest BCUT2D eigenvalue weighted by molar-refractivity contribution is 7.09. The molecule has 1 heterocycles. The van der Waals surface area contributed by atoms with Gasteiger partial charge >= 0.3 is 6.03 Å². The second-order valence-electron chi connectivity index (χ2n) is 4.41. The number of amides is 2. The number of methoxy groups -OCH3 is 1. The van der Waals surface area contributed by atoms with E-state index in [1.807, 2.05) is 41.8 Å². The summed E-state index contributed by atoms with van der Waals surface area (Å²) < 4.78 is 5.26. The molecule has 0 aliphatic rings. The summed E-state index contributed by atoms with van der Waals surface area (Å²) in [5.41, 5.74) is 0.966. The highest BCUT2D eigenvalue weighted by Crippen LogP contribution is 2.17. The van der Waals surface area contributed by atoms with Gasteiger partial charge in [0.1, 0.15) is 5.75 Å². The Bertz CT molecular complexity index is 555. The summed E-state index contributed by atoms with van der Waals surface area (Å²) in [6.07, 6.45) is 0. The molecule has 0 spiro atoms. The lowest BCUT2D eigenvalue weighted by molar-refractivity contribution is 0.206. The number of rotatable bonds is 5. The SMILES string of the molecule is COc1ccccc1CNC(=O)N(C)Cc1cccs1. The lowest BCUT2D eigenvalue weighted by Gasteiger charge is -2.17. The summed E-state index contributed by atoms with van der Waals surface area (Å²) in [5, 5.41) is 4.91. The smallest absolute Gasteiger partial charge is 0.317 e. The first-order valence-electron chi connectivity index (χ1n) is 6.34. The lowest BCUT2D eigenvalue weighted by Crippen LogP contribution is -2.36. The minimum atomic E-state index is -0.0932. The van der Waals surface area contributed by atoms with Crippen LogP contribution in [0.25, 0.3) is 0 Å². The van der Waals surface area contributed by atoms with E-state index in [2.05, 4.69) is 5.32 Å². The van der Waals surface area contributed by atoms with Gasteiger partial charge in [-0.1, -0.05) is 24.3 Å². The average Bonchev–Trinajstić information content (AvgIpc) is 2.97. The van der Waals surface area contributed by atoms with Gasteiger partial charge in [0, 0.05) is 24.0 Å². The number of nitrogens with one attached hydrogen (secondary N) is 1. The fourth-order valence-corrected chi connectivity index (χ4v) is 2.62. The molecule has 2 rings (SSSR count). The molecule has 1 aromatic carbocycles. The Labute approximate surface area is 123 Å². The standard InChI is InChI=1S/C15H18N2O2S/c1-17(11-13-7-5-9-20-13)15(18)16-10-12-6-3-4-8-14(12)19-2/h3-9H,10-11H2,1-2H3,(H,16,18). The first kappa shape index (κ1) is 14.4. The predicted molar refractivity (Wildman–Crippen MR) is 81.0 cm³/mol. The number of hydrogen-bond acceptors (Lipinski definition) is 3. The fourth-order valence-electron chi connectivity index (χ4n) is 1.86. The minimum Gasteiger partial charge on any atom is -0.496 e. The van der Waals surface area contributed by atoms with E-state index < -0.39 is 0 Å². The molecule has 0 aliphatic heterocycles. The van der Waals surface area contributed by atoms with Crippen LogP contribution in [0.5, 0.6) is 5.75 Å². The Balaban J connectivity index is 1.88. The number of carbonyl (C=O) groups is 1. The summed E-state index contributed by atoms with van der Waals surface area (Å²) in [4.78, 5) is 14.9. The number of thiophene rings is 1. The van der Waals surface area contributed by atoms with E-state index in [0.29, 0.717) is 13.1 Å². The third kappa shape index (κ3) is 3.74. The van der Waals surface area contributed by atoms with E-state index in [1.54, 1.807) is 30.4 Å². The van der Waals surface area contributed by atoms with Crippen molar-refractivity contribution in [2.45, 2.75) is 13.1 Å². The lowest BCUT2D eigenvalue weighted by atomic mass is 10.2. The van der Waals surface area contributed by atoms with Crippen molar-refractivity contribution < 1.29 is 9.53 Å². The summed E-state index contributed by atoms with van der Waals surface area (Å²) in [5.74, 6) is 0.786. The molecule has 1 aromatic heterocycles. The zero-order chi connectivity index (χ0) is 14.4. The number of urea groups is 1. The molecule has 0 fully saturated rings. The maximum atomic E-state index is 12.0. The molecule has 106 valence electrons. The van der Waals surface area contributed by atoms with E-state index in [-0.39, 0.29) is 6.03 Å². The summed E-state index contributed by atoms with van der Waals surface area (Å²) >= 11 is 1.65. The Kier molecular flexibility index (Phi) is 5.01. The van der Waals surface area contributed by atoms with E-state index in [0.717, 1.165) is 11.3 Å². The van der Waals surface area contributed by atoms with Crippen LogP contribution in [0.15, 0.2) is 41.8 Å². The largest absolute Gasteiger partial charge is 0.496 e. The number of hydrogen-bond donors (Lipinski definition) is 1. The summed E-state index contributed by atoms with van der Waals surface area (Å²) in [6, 6.07) is 11.6. The Morgan fingerprint density at radius 2 is 2.10 bits per heavy atom. The molecular formula is C15H18N2O2S. The van der Waals surface area contributed by atoms with Gasteiger partial charge < -0.3 is 15.0 Å². The molecular weight excluding hydrogens is 272 g/mol. The Hall–Kier alpha value is -2.01. The van der Waals surface area contributed by atoms with Crippen molar-refractivity contribution in [3.05, 3.63) is 52.2 Å². The molecule has 2 amide bonds. The molecule has 0 saturated heterocycles. The maximum absolute atomic E-state index is 12.0. The molecule has 0 bridgehead atoms. The van der Waals surface area contributed by atoms with Crippen molar-refractivity contribution in [1.29, 1.82) is 0 Å². The Morgan fingerprint density at radius 3 is 2.80 bits per heavy atom. The molecule has 5 heteroatoms. The first-order valence-corrected chi connectivity index (χ1v) is 7.22. The monoisotopic (exact) mass is 290 g/mol. The van der Waals surface area contributed by atoms with Crippen LogP contribution in [0.4, 0.5) is 4.79 Å². The molecule has 0 aliphatic carbocycles. The molecule has 0 unspecified atom stereocenters. The number of ether oxygens (including phenoxy) is 1. The number of benzene rings is 1. The van der Waals surface area contributed by atoms with E-state index in [4.69, 9.17) is 4.74 Å². The van der Waals surface area contributed by atoms with Gasteiger partial charge in [0.25, 0.3) is 0 Å². The highest BCUT2D eigenvalue weighted by atomic mass is 32.1. The zero-order valence-corrected chi connectivity index (χ0v) is 12.4. The fraction of sp³-hybridized carbons (Fsp3) is 0.267. The van der Waals surface area contributed by atoms with Crippen molar-refractivity contribution in [3.63, 3.8) is 0 Å². The number of carbonyl (C=O) groups excluding carboxylic acids is 1. The van der Waals surface area contributed by atoms with E-state index in [9.17, 15) is 4.79 Å². The summed E-state index contributed by atoms with van der Waals surface area (Å²) in [7, 11) is 3.42.